The van der Waals surface area contributed by atoms with Crippen molar-refractivity contribution >= 4 is 11.8 Å². The van der Waals surface area contributed by atoms with E-state index in [4.69, 9.17) is 5.11 Å². The first-order chi connectivity index (χ1) is 6.72. The molecule has 1 atom stereocenters. The molecule has 0 radical (unpaired) electrons. The molecule has 1 unspecified atom stereocenters. The van der Waals surface area contributed by atoms with Gasteiger partial charge in [0.15, 0.2) is 0 Å². The number of halogens is 1. The quantitative estimate of drug-likeness (QED) is 0.748. The molecule has 1 rings (SSSR count). The second-order valence-electron chi connectivity index (χ2n) is 2.81. The van der Waals surface area contributed by atoms with Crippen molar-refractivity contribution in [3.8, 4) is 0 Å². The van der Waals surface area contributed by atoms with Crippen LogP contribution >= 0.6 is 0 Å². The van der Waals surface area contributed by atoms with Gasteiger partial charge in [0.05, 0.1) is 12.5 Å². The molecular weight excluding hydrogens is 187 g/mol. The van der Waals surface area contributed by atoms with Crippen molar-refractivity contribution in [2.24, 2.45) is 0 Å². The van der Waals surface area contributed by atoms with Crippen molar-refractivity contribution in [3.05, 3.63) is 24.4 Å². The largest absolute Gasteiger partial charge is 0.481 e. The summed E-state index contributed by atoms with van der Waals surface area (Å²) < 4.78 is 12.3. The number of rotatable bonds is 5. The van der Waals surface area contributed by atoms with E-state index in [0.29, 0.717) is 5.82 Å². The summed E-state index contributed by atoms with van der Waals surface area (Å²) in [5.41, 5.74) is 0. The zero-order valence-corrected chi connectivity index (χ0v) is 7.48. The van der Waals surface area contributed by atoms with E-state index in [1.807, 2.05) is 0 Å². The average molecular weight is 198 g/mol. The van der Waals surface area contributed by atoms with Gasteiger partial charge in [0.1, 0.15) is 12.5 Å². The Morgan fingerprint density at radius 3 is 2.93 bits per heavy atom. The summed E-state index contributed by atoms with van der Waals surface area (Å²) in [7, 11) is 0. The third kappa shape index (κ3) is 3.38. The van der Waals surface area contributed by atoms with Gasteiger partial charge in [-0.25, -0.2) is 9.37 Å². The summed E-state index contributed by atoms with van der Waals surface area (Å²) in [5.74, 6) is -0.549. The normalized spacial score (nSPS) is 12.1. The van der Waals surface area contributed by atoms with Gasteiger partial charge in [-0.3, -0.25) is 4.79 Å². The second kappa shape index (κ2) is 5.16. The molecule has 0 aliphatic heterocycles. The Morgan fingerprint density at radius 1 is 1.64 bits per heavy atom. The van der Waals surface area contributed by atoms with E-state index >= 15 is 0 Å². The molecule has 0 spiro atoms. The molecular formula is C9H11FN2O2. The molecule has 0 aromatic carbocycles. The number of hydrogen-bond donors (Lipinski definition) is 2. The molecule has 4 nitrogen and oxygen atoms in total. The summed E-state index contributed by atoms with van der Waals surface area (Å²) >= 11 is 0. The van der Waals surface area contributed by atoms with Crippen molar-refractivity contribution in [1.29, 1.82) is 0 Å². The third-order valence-corrected chi connectivity index (χ3v) is 1.62. The van der Waals surface area contributed by atoms with Crippen LogP contribution in [0.3, 0.4) is 0 Å². The zero-order chi connectivity index (χ0) is 10.4. The summed E-state index contributed by atoms with van der Waals surface area (Å²) in [6.45, 7) is -0.733. The van der Waals surface area contributed by atoms with E-state index in [0.717, 1.165) is 0 Å². The van der Waals surface area contributed by atoms with E-state index in [1.165, 1.54) is 0 Å². The number of carboxylic acids is 1. The van der Waals surface area contributed by atoms with Crippen LogP contribution in [-0.4, -0.2) is 28.8 Å². The zero-order valence-electron chi connectivity index (χ0n) is 7.48. The van der Waals surface area contributed by atoms with Crippen LogP contribution in [0.15, 0.2) is 24.4 Å². The lowest BCUT2D eigenvalue weighted by molar-refractivity contribution is -0.137. The van der Waals surface area contributed by atoms with Crippen molar-refractivity contribution in [3.63, 3.8) is 0 Å². The third-order valence-electron chi connectivity index (χ3n) is 1.62. The molecule has 2 N–H and O–H groups in total. The van der Waals surface area contributed by atoms with Crippen LogP contribution in [0.4, 0.5) is 10.2 Å². The number of nitrogens with zero attached hydrogens (tertiary/aromatic N) is 1. The van der Waals surface area contributed by atoms with Gasteiger partial charge >= 0.3 is 5.97 Å². The summed E-state index contributed by atoms with van der Waals surface area (Å²) in [6, 6.07) is 4.41. The number of carboxylic acid groups (broad SMARTS) is 1. The summed E-state index contributed by atoms with van der Waals surface area (Å²) in [5, 5.41) is 11.2. The van der Waals surface area contributed by atoms with Crippen LogP contribution in [0.25, 0.3) is 0 Å². The molecule has 0 aliphatic rings. The van der Waals surface area contributed by atoms with Crippen molar-refractivity contribution < 1.29 is 14.3 Å². The predicted molar refractivity (Wildman–Crippen MR) is 49.9 cm³/mol. The van der Waals surface area contributed by atoms with Crippen molar-refractivity contribution in [2.75, 3.05) is 12.0 Å². The van der Waals surface area contributed by atoms with E-state index in [9.17, 15) is 9.18 Å². The Morgan fingerprint density at radius 2 is 2.43 bits per heavy atom. The number of alkyl halides is 1. The molecule has 0 fully saturated rings. The Hall–Kier alpha value is -1.65. The molecule has 76 valence electrons. The van der Waals surface area contributed by atoms with Gasteiger partial charge in [-0.05, 0) is 12.1 Å². The van der Waals surface area contributed by atoms with Crippen LogP contribution in [0.5, 0.6) is 0 Å². The highest BCUT2D eigenvalue weighted by molar-refractivity contribution is 5.68. The number of hydrogen-bond acceptors (Lipinski definition) is 3. The molecule has 1 heterocycles. The highest BCUT2D eigenvalue weighted by Crippen LogP contribution is 2.05. The molecule has 0 bridgehead atoms. The van der Waals surface area contributed by atoms with Gasteiger partial charge < -0.3 is 10.4 Å². The molecule has 0 saturated heterocycles. The number of anilines is 1. The molecule has 5 heteroatoms. The lowest BCUT2D eigenvalue weighted by Crippen LogP contribution is -2.25. The predicted octanol–water partition coefficient (Wildman–Crippen LogP) is 1.31. The van der Waals surface area contributed by atoms with Crippen LogP contribution in [0, 0.1) is 0 Å². The fraction of sp³-hybridized carbons (Fsp3) is 0.333. The molecule has 1 aromatic heterocycles. The van der Waals surface area contributed by atoms with Crippen LogP contribution in [-0.2, 0) is 4.79 Å². The standard InChI is InChI=1S/C9H11FN2O2/c10-6-7(5-9(13)14)12-8-3-1-2-4-11-8/h1-4,7H,5-6H2,(H,11,12)(H,13,14). The SMILES string of the molecule is O=C(O)CC(CF)Nc1ccccn1. The Labute approximate surface area is 80.8 Å². The number of carbonyl (C=O) groups is 1. The summed E-state index contributed by atoms with van der Waals surface area (Å²) in [4.78, 5) is 14.2. The van der Waals surface area contributed by atoms with Gasteiger partial charge in [0.25, 0.3) is 0 Å². The van der Waals surface area contributed by atoms with E-state index in [2.05, 4.69) is 10.3 Å². The first-order valence-corrected chi connectivity index (χ1v) is 4.17. The molecule has 1 aromatic rings. The van der Waals surface area contributed by atoms with Gasteiger partial charge in [-0.15, -0.1) is 0 Å². The van der Waals surface area contributed by atoms with Crippen LogP contribution < -0.4 is 5.32 Å². The maximum absolute atomic E-state index is 12.3. The number of pyridine rings is 1. The minimum absolute atomic E-state index is 0.257. The fourth-order valence-electron chi connectivity index (χ4n) is 1.01. The Kier molecular flexibility index (Phi) is 3.84. The minimum atomic E-state index is -1.03. The van der Waals surface area contributed by atoms with Gasteiger partial charge in [-0.2, -0.15) is 0 Å². The first-order valence-electron chi connectivity index (χ1n) is 4.17. The maximum Gasteiger partial charge on any atom is 0.305 e. The highest BCUT2D eigenvalue weighted by Gasteiger charge is 2.12. The van der Waals surface area contributed by atoms with Gasteiger partial charge in [-0.1, -0.05) is 6.07 Å². The topological polar surface area (TPSA) is 62.2 Å². The van der Waals surface area contributed by atoms with E-state index in [-0.39, 0.29) is 6.42 Å². The monoisotopic (exact) mass is 198 g/mol. The smallest absolute Gasteiger partial charge is 0.305 e. The lowest BCUT2D eigenvalue weighted by Gasteiger charge is -2.13. The first kappa shape index (κ1) is 10.4. The van der Waals surface area contributed by atoms with Crippen LogP contribution in [0.2, 0.25) is 0 Å². The van der Waals surface area contributed by atoms with Crippen molar-refractivity contribution in [1.82, 2.24) is 4.98 Å². The lowest BCUT2D eigenvalue weighted by atomic mass is 10.2. The molecule has 0 amide bonds. The number of aliphatic carboxylic acids is 1. The van der Waals surface area contributed by atoms with E-state index < -0.39 is 18.7 Å². The Bertz CT molecular complexity index is 292. The Balaban J connectivity index is 2.53. The minimum Gasteiger partial charge on any atom is -0.481 e. The maximum atomic E-state index is 12.3. The molecule has 0 aliphatic carbocycles. The highest BCUT2D eigenvalue weighted by atomic mass is 19.1. The second-order valence-corrected chi connectivity index (χ2v) is 2.81. The molecule has 14 heavy (non-hydrogen) atoms. The number of aromatic nitrogens is 1. The van der Waals surface area contributed by atoms with E-state index in [1.54, 1.807) is 24.4 Å². The van der Waals surface area contributed by atoms with Crippen molar-refractivity contribution in [2.45, 2.75) is 12.5 Å². The van der Waals surface area contributed by atoms with Gasteiger partial charge in [0.2, 0.25) is 0 Å². The summed E-state index contributed by atoms with van der Waals surface area (Å²) in [6.07, 6.45) is 1.30. The van der Waals surface area contributed by atoms with Crippen LogP contribution in [0.1, 0.15) is 6.42 Å². The average Bonchev–Trinajstić information content (AvgIpc) is 2.17. The number of nitrogens with one attached hydrogen (secondary N) is 1. The molecule has 0 saturated carbocycles. The van der Waals surface area contributed by atoms with Gasteiger partial charge in [0, 0.05) is 6.20 Å². The fourth-order valence-corrected chi connectivity index (χ4v) is 1.01.